The maximum Gasteiger partial charge on any atom is 0.270 e. The molecule has 1 aliphatic heterocycles. The van der Waals surface area contributed by atoms with E-state index in [1.54, 1.807) is 6.20 Å². The van der Waals surface area contributed by atoms with E-state index in [4.69, 9.17) is 0 Å². The van der Waals surface area contributed by atoms with E-state index in [-0.39, 0.29) is 11.9 Å². The zero-order chi connectivity index (χ0) is 20.1. The Morgan fingerprint density at radius 2 is 1.62 bits per heavy atom. The molecule has 0 radical (unpaired) electrons. The number of carbonyl (C=O) groups excluding carboxylic acids is 1. The Hall–Kier alpha value is -3.41. The van der Waals surface area contributed by atoms with Gasteiger partial charge in [0.25, 0.3) is 5.91 Å². The number of benzene rings is 1. The Morgan fingerprint density at radius 3 is 2.34 bits per heavy atom. The van der Waals surface area contributed by atoms with Crippen LogP contribution in [0.15, 0.2) is 73.1 Å². The first-order valence-corrected chi connectivity index (χ1v) is 9.93. The van der Waals surface area contributed by atoms with Gasteiger partial charge in [-0.2, -0.15) is 0 Å². The summed E-state index contributed by atoms with van der Waals surface area (Å²) in [5, 5.41) is 3.03. The van der Waals surface area contributed by atoms with E-state index >= 15 is 0 Å². The fourth-order valence-corrected chi connectivity index (χ4v) is 3.57. The first kappa shape index (κ1) is 18.9. The van der Waals surface area contributed by atoms with Crippen molar-refractivity contribution in [1.29, 1.82) is 0 Å². The van der Waals surface area contributed by atoms with E-state index in [2.05, 4.69) is 25.1 Å². The van der Waals surface area contributed by atoms with Crippen molar-refractivity contribution in [1.82, 2.24) is 15.3 Å². The molecule has 0 bridgehead atoms. The van der Waals surface area contributed by atoms with Crippen molar-refractivity contribution in [2.75, 3.05) is 36.0 Å². The van der Waals surface area contributed by atoms with Crippen LogP contribution in [0.1, 0.15) is 29.0 Å². The zero-order valence-corrected chi connectivity index (χ0v) is 16.5. The van der Waals surface area contributed by atoms with Gasteiger partial charge in [-0.05, 0) is 36.8 Å². The number of aromatic nitrogens is 2. The monoisotopic (exact) mass is 387 g/mol. The van der Waals surface area contributed by atoms with Gasteiger partial charge in [-0.25, -0.2) is 4.98 Å². The second-order valence-corrected chi connectivity index (χ2v) is 7.17. The molecule has 1 aliphatic rings. The van der Waals surface area contributed by atoms with Gasteiger partial charge in [0, 0.05) is 44.3 Å². The molecule has 0 aliphatic carbocycles. The number of nitrogens with one attached hydrogen (secondary N) is 1. The minimum Gasteiger partial charge on any atom is -0.368 e. The molecule has 29 heavy (non-hydrogen) atoms. The van der Waals surface area contributed by atoms with Gasteiger partial charge in [0.2, 0.25) is 0 Å². The zero-order valence-electron chi connectivity index (χ0n) is 16.5. The smallest absolute Gasteiger partial charge is 0.270 e. The summed E-state index contributed by atoms with van der Waals surface area (Å²) < 4.78 is 0. The van der Waals surface area contributed by atoms with Gasteiger partial charge in [0.15, 0.2) is 0 Å². The molecule has 0 spiro atoms. The van der Waals surface area contributed by atoms with E-state index < -0.39 is 0 Å². The fourth-order valence-electron chi connectivity index (χ4n) is 3.57. The van der Waals surface area contributed by atoms with Gasteiger partial charge in [-0.15, -0.1) is 0 Å². The van der Waals surface area contributed by atoms with Crippen LogP contribution in [0.3, 0.4) is 0 Å². The van der Waals surface area contributed by atoms with Gasteiger partial charge >= 0.3 is 0 Å². The number of anilines is 2. The highest BCUT2D eigenvalue weighted by Gasteiger charge is 2.20. The molecule has 0 saturated carbocycles. The molecular weight excluding hydrogens is 362 g/mol. The van der Waals surface area contributed by atoms with Crippen molar-refractivity contribution in [2.45, 2.75) is 13.0 Å². The normalized spacial score (nSPS) is 15.1. The molecule has 3 heterocycles. The number of carbonyl (C=O) groups is 1. The van der Waals surface area contributed by atoms with Crippen LogP contribution >= 0.6 is 0 Å². The van der Waals surface area contributed by atoms with Crippen LogP contribution in [0.4, 0.5) is 11.5 Å². The quantitative estimate of drug-likeness (QED) is 0.728. The van der Waals surface area contributed by atoms with E-state index in [0.717, 1.165) is 43.2 Å². The van der Waals surface area contributed by atoms with Gasteiger partial charge < -0.3 is 15.1 Å². The third-order valence-electron chi connectivity index (χ3n) is 5.24. The summed E-state index contributed by atoms with van der Waals surface area (Å²) in [4.78, 5) is 26.0. The Bertz CT molecular complexity index is 940. The lowest BCUT2D eigenvalue weighted by Crippen LogP contribution is -2.46. The average molecular weight is 387 g/mol. The van der Waals surface area contributed by atoms with Crippen molar-refractivity contribution in [3.8, 4) is 0 Å². The molecule has 1 N–H and O–H groups in total. The summed E-state index contributed by atoms with van der Waals surface area (Å²) in [5.74, 6) is 0.854. The number of hydrogen-bond donors (Lipinski definition) is 1. The Balaban J connectivity index is 1.39. The number of piperazine rings is 1. The van der Waals surface area contributed by atoms with E-state index in [1.165, 1.54) is 0 Å². The molecule has 1 saturated heterocycles. The molecule has 1 atom stereocenters. The second-order valence-electron chi connectivity index (χ2n) is 7.17. The molecule has 148 valence electrons. The molecule has 6 nitrogen and oxygen atoms in total. The first-order valence-electron chi connectivity index (χ1n) is 9.93. The summed E-state index contributed by atoms with van der Waals surface area (Å²) in [7, 11) is 0. The molecule has 3 aromatic rings. The predicted octanol–water partition coefficient (Wildman–Crippen LogP) is 3.29. The van der Waals surface area contributed by atoms with Crippen LogP contribution < -0.4 is 15.1 Å². The largest absolute Gasteiger partial charge is 0.368 e. The standard InChI is InChI=1S/C23H25N5O/c1-18(19-7-3-2-4-8-19)26-23(29)21-17-20(10-12-24-21)27-13-15-28(16-14-27)22-9-5-6-11-25-22/h2-12,17-18H,13-16H2,1H3,(H,26,29). The highest BCUT2D eigenvalue weighted by molar-refractivity contribution is 5.93. The lowest BCUT2D eigenvalue weighted by atomic mass is 10.1. The first-order chi connectivity index (χ1) is 14.2. The number of nitrogens with zero attached hydrogens (tertiary/aromatic N) is 4. The number of rotatable bonds is 5. The van der Waals surface area contributed by atoms with Crippen LogP contribution in [0.5, 0.6) is 0 Å². The second kappa shape index (κ2) is 8.73. The highest BCUT2D eigenvalue weighted by atomic mass is 16.1. The minimum atomic E-state index is -0.157. The molecule has 4 rings (SSSR count). The Labute approximate surface area is 171 Å². The molecular formula is C23H25N5O. The van der Waals surface area contributed by atoms with Crippen molar-refractivity contribution >= 4 is 17.4 Å². The van der Waals surface area contributed by atoms with Gasteiger partial charge in [0.05, 0.1) is 6.04 Å². The number of amides is 1. The molecule has 1 aromatic carbocycles. The van der Waals surface area contributed by atoms with E-state index in [1.807, 2.05) is 73.8 Å². The van der Waals surface area contributed by atoms with Crippen LogP contribution in [0.2, 0.25) is 0 Å². The van der Waals surface area contributed by atoms with Gasteiger partial charge in [0.1, 0.15) is 11.5 Å². The van der Waals surface area contributed by atoms with Gasteiger partial charge in [-0.3, -0.25) is 9.78 Å². The number of pyridine rings is 2. The van der Waals surface area contributed by atoms with Crippen molar-refractivity contribution in [3.05, 3.63) is 84.3 Å². The molecule has 6 heteroatoms. The average Bonchev–Trinajstić information content (AvgIpc) is 2.80. The van der Waals surface area contributed by atoms with Crippen molar-refractivity contribution < 1.29 is 4.79 Å². The fraction of sp³-hybridized carbons (Fsp3) is 0.261. The summed E-state index contributed by atoms with van der Waals surface area (Å²) in [6, 6.07) is 19.7. The van der Waals surface area contributed by atoms with Crippen molar-refractivity contribution in [2.24, 2.45) is 0 Å². The van der Waals surface area contributed by atoms with Crippen LogP contribution in [-0.4, -0.2) is 42.1 Å². The van der Waals surface area contributed by atoms with E-state index in [0.29, 0.717) is 5.69 Å². The maximum absolute atomic E-state index is 12.7. The molecule has 1 amide bonds. The maximum atomic E-state index is 12.7. The number of hydrogen-bond acceptors (Lipinski definition) is 5. The summed E-state index contributed by atoms with van der Waals surface area (Å²) in [5.41, 5.74) is 2.54. The summed E-state index contributed by atoms with van der Waals surface area (Å²) in [6.07, 6.45) is 3.54. The van der Waals surface area contributed by atoms with Gasteiger partial charge in [-0.1, -0.05) is 36.4 Å². The third-order valence-corrected chi connectivity index (χ3v) is 5.24. The summed E-state index contributed by atoms with van der Waals surface area (Å²) in [6.45, 7) is 5.52. The minimum absolute atomic E-state index is 0.0731. The topological polar surface area (TPSA) is 61.4 Å². The molecule has 2 aromatic heterocycles. The SMILES string of the molecule is CC(NC(=O)c1cc(N2CCN(c3ccccn3)CC2)ccn1)c1ccccc1. The Morgan fingerprint density at radius 1 is 0.897 bits per heavy atom. The molecule has 1 unspecified atom stereocenters. The third kappa shape index (κ3) is 4.54. The van der Waals surface area contributed by atoms with Crippen LogP contribution in [-0.2, 0) is 0 Å². The van der Waals surface area contributed by atoms with Crippen LogP contribution in [0.25, 0.3) is 0 Å². The predicted molar refractivity (Wildman–Crippen MR) is 115 cm³/mol. The Kier molecular flexibility index (Phi) is 5.70. The lowest BCUT2D eigenvalue weighted by molar-refractivity contribution is 0.0935. The molecule has 1 fully saturated rings. The van der Waals surface area contributed by atoms with Crippen LogP contribution in [0, 0.1) is 0 Å². The lowest BCUT2D eigenvalue weighted by Gasteiger charge is -2.36. The highest BCUT2D eigenvalue weighted by Crippen LogP contribution is 2.20. The van der Waals surface area contributed by atoms with E-state index in [9.17, 15) is 4.79 Å². The van der Waals surface area contributed by atoms with Crippen molar-refractivity contribution in [3.63, 3.8) is 0 Å². The summed E-state index contributed by atoms with van der Waals surface area (Å²) >= 11 is 0.